The molecule has 1 fully saturated rings. The fourth-order valence-electron chi connectivity index (χ4n) is 4.39. The number of rotatable bonds is 3. The summed E-state index contributed by atoms with van der Waals surface area (Å²) >= 11 is 0. The fraction of sp³-hybridized carbons (Fsp3) is 0.333. The summed E-state index contributed by atoms with van der Waals surface area (Å²) in [4.78, 5) is 17.3. The van der Waals surface area contributed by atoms with Gasteiger partial charge in [-0.3, -0.25) is 4.79 Å². The smallest absolute Gasteiger partial charge is 0.316 e. The lowest BCUT2D eigenvalue weighted by Gasteiger charge is -2.39. The summed E-state index contributed by atoms with van der Waals surface area (Å²) in [5.74, 6) is -0.805. The first-order chi connectivity index (χ1) is 13.6. The first-order valence-corrected chi connectivity index (χ1v) is 9.27. The predicted octanol–water partition coefficient (Wildman–Crippen LogP) is 2.98. The van der Waals surface area contributed by atoms with Gasteiger partial charge in [0.2, 0.25) is 0 Å². The van der Waals surface area contributed by atoms with Crippen LogP contribution in [0.15, 0.2) is 42.5 Å². The van der Waals surface area contributed by atoms with E-state index in [2.05, 4.69) is 4.98 Å². The number of benzene rings is 2. The van der Waals surface area contributed by atoms with E-state index in [0.717, 1.165) is 11.0 Å². The van der Waals surface area contributed by atoms with E-state index in [1.54, 1.807) is 6.07 Å². The summed E-state index contributed by atoms with van der Waals surface area (Å²) in [7, 11) is 0. The lowest BCUT2D eigenvalue weighted by Crippen LogP contribution is -2.47. The van der Waals surface area contributed by atoms with Crippen LogP contribution in [0.3, 0.4) is 0 Å². The van der Waals surface area contributed by atoms with Crippen LogP contribution in [-0.2, 0) is 26.2 Å². The molecule has 3 aromatic rings. The van der Waals surface area contributed by atoms with Crippen molar-refractivity contribution >= 4 is 17.0 Å². The molecule has 1 N–H and O–H groups in total. The van der Waals surface area contributed by atoms with Crippen molar-refractivity contribution in [2.24, 2.45) is 0 Å². The van der Waals surface area contributed by atoms with Crippen LogP contribution in [0, 0.1) is 5.82 Å². The molecular formula is C21H19FN2O4. The first kappa shape index (κ1) is 17.3. The van der Waals surface area contributed by atoms with Gasteiger partial charge in [0.15, 0.2) is 0 Å². The van der Waals surface area contributed by atoms with Crippen LogP contribution in [0.25, 0.3) is 22.4 Å². The topological polar surface area (TPSA) is 73.6 Å². The number of halogens is 1. The van der Waals surface area contributed by atoms with Crippen LogP contribution in [0.1, 0.15) is 12.0 Å². The van der Waals surface area contributed by atoms with Gasteiger partial charge in [-0.1, -0.05) is 12.1 Å². The van der Waals surface area contributed by atoms with Crippen LogP contribution < -0.4 is 0 Å². The molecule has 0 radical (unpaired) electrons. The van der Waals surface area contributed by atoms with Crippen molar-refractivity contribution in [2.75, 3.05) is 19.8 Å². The van der Waals surface area contributed by atoms with Gasteiger partial charge in [0.25, 0.3) is 0 Å². The number of nitrogens with zero attached hydrogens (tertiary/aromatic N) is 2. The zero-order valence-electron chi connectivity index (χ0n) is 15.1. The van der Waals surface area contributed by atoms with Gasteiger partial charge in [-0.25, -0.2) is 9.37 Å². The Morgan fingerprint density at radius 2 is 2.14 bits per heavy atom. The van der Waals surface area contributed by atoms with E-state index in [1.807, 2.05) is 28.8 Å². The van der Waals surface area contributed by atoms with Crippen LogP contribution in [0.4, 0.5) is 4.39 Å². The average Bonchev–Trinajstić information content (AvgIpc) is 3.07. The fourth-order valence-corrected chi connectivity index (χ4v) is 4.39. The van der Waals surface area contributed by atoms with E-state index in [4.69, 9.17) is 9.47 Å². The summed E-state index contributed by atoms with van der Waals surface area (Å²) in [5.41, 5.74) is 1.39. The average molecular weight is 382 g/mol. The molecule has 2 aromatic carbocycles. The van der Waals surface area contributed by atoms with Gasteiger partial charge in [-0.15, -0.1) is 0 Å². The van der Waals surface area contributed by atoms with Gasteiger partial charge in [0, 0.05) is 12.1 Å². The van der Waals surface area contributed by atoms with E-state index in [-0.39, 0.29) is 19.1 Å². The Labute approximate surface area is 160 Å². The van der Waals surface area contributed by atoms with Crippen molar-refractivity contribution in [3.05, 3.63) is 53.8 Å². The monoisotopic (exact) mass is 382 g/mol. The number of imidazole rings is 1. The molecule has 0 spiro atoms. The summed E-state index contributed by atoms with van der Waals surface area (Å²) in [6.45, 7) is 1.42. The maximum absolute atomic E-state index is 14.2. The molecule has 0 saturated carbocycles. The third-order valence-electron chi connectivity index (χ3n) is 5.69. The molecule has 0 amide bonds. The number of hydrogen-bond acceptors (Lipinski definition) is 4. The minimum atomic E-state index is -1.33. The molecule has 144 valence electrons. The highest BCUT2D eigenvalue weighted by Crippen LogP contribution is 2.45. The normalized spacial score (nSPS) is 24.0. The molecule has 1 saturated heterocycles. The molecular weight excluding hydrogens is 363 g/mol. The van der Waals surface area contributed by atoms with Gasteiger partial charge in [-0.2, -0.15) is 0 Å². The molecule has 2 atom stereocenters. The van der Waals surface area contributed by atoms with E-state index in [0.29, 0.717) is 36.8 Å². The number of carboxylic acids is 1. The Kier molecular flexibility index (Phi) is 3.96. The highest BCUT2D eigenvalue weighted by molar-refractivity contribution is 5.89. The van der Waals surface area contributed by atoms with Crippen LogP contribution in [0.5, 0.6) is 0 Å². The Bertz CT molecular complexity index is 1070. The zero-order valence-corrected chi connectivity index (χ0v) is 15.1. The molecule has 7 heteroatoms. The number of para-hydroxylation sites is 2. The summed E-state index contributed by atoms with van der Waals surface area (Å²) < 4.78 is 27.3. The summed E-state index contributed by atoms with van der Waals surface area (Å²) in [6.07, 6.45) is -0.164. The summed E-state index contributed by atoms with van der Waals surface area (Å²) in [5, 5.41) is 10.3. The Morgan fingerprint density at radius 3 is 2.93 bits per heavy atom. The van der Waals surface area contributed by atoms with Crippen molar-refractivity contribution in [1.29, 1.82) is 0 Å². The lowest BCUT2D eigenvalue weighted by atomic mass is 9.72. The van der Waals surface area contributed by atoms with Crippen LogP contribution in [0.2, 0.25) is 0 Å². The molecule has 2 aliphatic rings. The maximum atomic E-state index is 14.2. The Balaban J connectivity index is 1.73. The quantitative estimate of drug-likeness (QED) is 0.754. The predicted molar refractivity (Wildman–Crippen MR) is 99.6 cm³/mol. The standard InChI is InChI=1S/C21H19FN2O4/c22-13-5-6-15-16(9-13)21(20(25)26,10-14-11-27-7-8-28-14)12-24-18-4-2-1-3-17(18)23-19(15)24/h1-6,9,14H,7-8,10-12H2,(H,25,26). The molecule has 0 aliphatic carbocycles. The summed E-state index contributed by atoms with van der Waals surface area (Å²) in [6, 6.07) is 11.9. The Hall–Kier alpha value is -2.77. The van der Waals surface area contributed by atoms with Gasteiger partial charge in [-0.05, 0) is 42.3 Å². The second-order valence-electron chi connectivity index (χ2n) is 7.36. The molecule has 2 aliphatic heterocycles. The van der Waals surface area contributed by atoms with Gasteiger partial charge in [0.05, 0.1) is 37.0 Å². The number of fused-ring (bicyclic) bond motifs is 5. The third-order valence-corrected chi connectivity index (χ3v) is 5.69. The molecule has 5 rings (SSSR count). The number of aliphatic carboxylic acids is 1. The molecule has 28 heavy (non-hydrogen) atoms. The van der Waals surface area contributed by atoms with Crippen molar-refractivity contribution in [2.45, 2.75) is 24.5 Å². The molecule has 3 heterocycles. The third kappa shape index (κ3) is 2.54. The zero-order chi connectivity index (χ0) is 19.3. The van der Waals surface area contributed by atoms with E-state index >= 15 is 0 Å². The van der Waals surface area contributed by atoms with Crippen LogP contribution >= 0.6 is 0 Å². The molecule has 2 unspecified atom stereocenters. The maximum Gasteiger partial charge on any atom is 0.316 e. The van der Waals surface area contributed by atoms with Gasteiger partial charge >= 0.3 is 5.97 Å². The van der Waals surface area contributed by atoms with Crippen molar-refractivity contribution in [1.82, 2.24) is 9.55 Å². The number of ether oxygens (including phenoxy) is 2. The van der Waals surface area contributed by atoms with Crippen molar-refractivity contribution in [3.8, 4) is 11.4 Å². The van der Waals surface area contributed by atoms with E-state index in [1.165, 1.54) is 12.1 Å². The molecule has 0 bridgehead atoms. The number of carboxylic acid groups (broad SMARTS) is 1. The Morgan fingerprint density at radius 1 is 1.29 bits per heavy atom. The van der Waals surface area contributed by atoms with Gasteiger partial charge < -0.3 is 19.1 Å². The van der Waals surface area contributed by atoms with Crippen molar-refractivity contribution < 1.29 is 23.8 Å². The number of aromatic nitrogens is 2. The van der Waals surface area contributed by atoms with E-state index < -0.39 is 17.2 Å². The second-order valence-corrected chi connectivity index (χ2v) is 7.36. The second kappa shape index (κ2) is 6.39. The molecule has 6 nitrogen and oxygen atoms in total. The minimum absolute atomic E-state index is 0.161. The molecule has 1 aromatic heterocycles. The van der Waals surface area contributed by atoms with Crippen molar-refractivity contribution in [3.63, 3.8) is 0 Å². The SMILES string of the molecule is O=C(O)C1(CC2COCCO2)Cn2c(nc3ccccc32)-c2ccc(F)cc21. The highest BCUT2D eigenvalue weighted by Gasteiger charge is 2.48. The number of carbonyl (C=O) groups is 1. The van der Waals surface area contributed by atoms with Crippen LogP contribution in [-0.4, -0.2) is 46.6 Å². The number of hydrogen-bond donors (Lipinski definition) is 1. The van der Waals surface area contributed by atoms with E-state index in [9.17, 15) is 14.3 Å². The van der Waals surface area contributed by atoms with Gasteiger partial charge in [0.1, 0.15) is 17.1 Å². The lowest BCUT2D eigenvalue weighted by molar-refractivity contribution is -0.150. The minimum Gasteiger partial charge on any atom is -0.481 e. The highest BCUT2D eigenvalue weighted by atomic mass is 19.1. The first-order valence-electron chi connectivity index (χ1n) is 9.27. The largest absolute Gasteiger partial charge is 0.481 e.